The Bertz CT molecular complexity index is 1190. The molecule has 2 aliphatic rings. The Kier molecular flexibility index (Phi) is 5.62. The van der Waals surface area contributed by atoms with Gasteiger partial charge in [0.05, 0.1) is 11.7 Å². The Morgan fingerprint density at radius 3 is 2.48 bits per heavy atom. The number of nitrogens with zero attached hydrogens (tertiary/aromatic N) is 2. The summed E-state index contributed by atoms with van der Waals surface area (Å²) in [4.78, 5) is 34.0. The number of aromatic amines is 1. The minimum absolute atomic E-state index is 0.0382. The molecule has 0 radical (unpaired) electrons. The highest BCUT2D eigenvalue weighted by Crippen LogP contribution is 2.44. The minimum atomic E-state index is -0.416. The van der Waals surface area contributed by atoms with E-state index in [1.54, 1.807) is 0 Å². The molecule has 0 bridgehead atoms. The standard InChI is InChI=1S/C26H28N4O3/c1-16(2)23-13-24(31)29-25(28-23)30-12-11-17(14-30)27-26(32)33-15-22-20-9-5-3-7-18(20)19-8-4-6-10-21(19)22/h3-10,13,16-17,22H,11-12,14-15H2,1-2H3,(H,27,32)(H,28,29,31). The van der Waals surface area contributed by atoms with Crippen molar-refractivity contribution in [1.82, 2.24) is 15.3 Å². The fourth-order valence-corrected chi connectivity index (χ4v) is 4.79. The molecule has 1 aliphatic carbocycles. The fourth-order valence-electron chi connectivity index (χ4n) is 4.79. The SMILES string of the molecule is CC(C)c1cc(=O)[nH]c(N2CCC(NC(=O)OCC3c4ccccc4-c4ccccc43)C2)n1. The Labute approximate surface area is 192 Å². The summed E-state index contributed by atoms with van der Waals surface area (Å²) in [5.41, 5.74) is 5.41. The Morgan fingerprint density at radius 2 is 1.82 bits per heavy atom. The first-order valence-electron chi connectivity index (χ1n) is 11.5. The molecule has 1 fully saturated rings. The number of benzene rings is 2. The number of carbonyl (C=O) groups excluding carboxylic acids is 1. The third-order valence-corrected chi connectivity index (χ3v) is 6.49. The second-order valence-electron chi connectivity index (χ2n) is 9.05. The number of rotatable bonds is 5. The van der Waals surface area contributed by atoms with Crippen LogP contribution < -0.4 is 15.8 Å². The first-order chi connectivity index (χ1) is 16.0. The van der Waals surface area contributed by atoms with Crippen LogP contribution in [0.5, 0.6) is 0 Å². The van der Waals surface area contributed by atoms with E-state index in [2.05, 4.69) is 39.6 Å². The lowest BCUT2D eigenvalue weighted by atomic mass is 9.98. The highest BCUT2D eigenvalue weighted by molar-refractivity contribution is 5.79. The molecule has 0 saturated carbocycles. The summed E-state index contributed by atoms with van der Waals surface area (Å²) in [5.74, 6) is 0.766. The Morgan fingerprint density at radius 1 is 1.15 bits per heavy atom. The molecule has 0 spiro atoms. The summed E-state index contributed by atoms with van der Waals surface area (Å²) in [5, 5.41) is 2.98. The molecule has 1 amide bonds. The molecule has 3 aromatic rings. The van der Waals surface area contributed by atoms with Gasteiger partial charge in [-0.25, -0.2) is 9.78 Å². The molecule has 1 aliphatic heterocycles. The summed E-state index contributed by atoms with van der Waals surface area (Å²) >= 11 is 0. The predicted molar refractivity (Wildman–Crippen MR) is 128 cm³/mol. The van der Waals surface area contributed by atoms with Crippen molar-refractivity contribution in [3.8, 4) is 11.1 Å². The number of hydrogen-bond donors (Lipinski definition) is 2. The molecule has 2 aromatic carbocycles. The van der Waals surface area contributed by atoms with Crippen LogP contribution in [0.15, 0.2) is 59.4 Å². The first-order valence-corrected chi connectivity index (χ1v) is 11.5. The van der Waals surface area contributed by atoms with E-state index in [0.29, 0.717) is 25.6 Å². The molecule has 33 heavy (non-hydrogen) atoms. The van der Waals surface area contributed by atoms with E-state index in [4.69, 9.17) is 4.74 Å². The third-order valence-electron chi connectivity index (χ3n) is 6.49. The third kappa shape index (κ3) is 4.23. The van der Waals surface area contributed by atoms with Gasteiger partial charge in [0.2, 0.25) is 5.95 Å². The summed E-state index contributed by atoms with van der Waals surface area (Å²) in [7, 11) is 0. The lowest BCUT2D eigenvalue weighted by Gasteiger charge is -2.19. The van der Waals surface area contributed by atoms with Gasteiger partial charge in [0.15, 0.2) is 0 Å². The zero-order valence-corrected chi connectivity index (χ0v) is 18.9. The van der Waals surface area contributed by atoms with Crippen LogP contribution in [0.3, 0.4) is 0 Å². The molecule has 170 valence electrons. The van der Waals surface area contributed by atoms with Crippen molar-refractivity contribution in [3.63, 3.8) is 0 Å². The van der Waals surface area contributed by atoms with Crippen LogP contribution in [-0.2, 0) is 4.74 Å². The fraction of sp³-hybridized carbons (Fsp3) is 0.346. The van der Waals surface area contributed by atoms with Crippen molar-refractivity contribution < 1.29 is 9.53 Å². The zero-order valence-electron chi connectivity index (χ0n) is 18.9. The van der Waals surface area contributed by atoms with Crippen molar-refractivity contribution in [2.45, 2.75) is 38.1 Å². The van der Waals surface area contributed by atoms with Gasteiger partial charge in [0.1, 0.15) is 6.61 Å². The van der Waals surface area contributed by atoms with E-state index in [9.17, 15) is 9.59 Å². The molecule has 1 aromatic heterocycles. The topological polar surface area (TPSA) is 87.3 Å². The second-order valence-corrected chi connectivity index (χ2v) is 9.05. The van der Waals surface area contributed by atoms with Crippen molar-refractivity contribution >= 4 is 12.0 Å². The minimum Gasteiger partial charge on any atom is -0.449 e. The molecule has 2 N–H and O–H groups in total. The second kappa shape index (κ2) is 8.73. The van der Waals surface area contributed by atoms with Crippen LogP contribution in [0, 0.1) is 0 Å². The number of alkyl carbamates (subject to hydrolysis) is 1. The van der Waals surface area contributed by atoms with E-state index in [1.165, 1.54) is 28.3 Å². The number of hydrogen-bond acceptors (Lipinski definition) is 5. The highest BCUT2D eigenvalue weighted by atomic mass is 16.5. The van der Waals surface area contributed by atoms with Crippen LogP contribution in [0.4, 0.5) is 10.7 Å². The molecule has 7 heteroatoms. The number of nitrogens with one attached hydrogen (secondary N) is 2. The van der Waals surface area contributed by atoms with Gasteiger partial charge in [-0.2, -0.15) is 0 Å². The van der Waals surface area contributed by atoms with E-state index >= 15 is 0 Å². The number of aromatic nitrogens is 2. The molecule has 7 nitrogen and oxygen atoms in total. The molecule has 2 heterocycles. The van der Waals surface area contributed by atoms with E-state index in [1.807, 2.05) is 43.0 Å². The average molecular weight is 445 g/mol. The Balaban J connectivity index is 1.21. The van der Waals surface area contributed by atoms with E-state index in [-0.39, 0.29) is 23.4 Å². The van der Waals surface area contributed by atoms with Gasteiger partial charge in [0, 0.05) is 25.1 Å². The van der Waals surface area contributed by atoms with Gasteiger partial charge in [-0.05, 0) is 34.6 Å². The average Bonchev–Trinajstić information content (AvgIpc) is 3.40. The number of H-pyrrole nitrogens is 1. The van der Waals surface area contributed by atoms with E-state index < -0.39 is 6.09 Å². The van der Waals surface area contributed by atoms with Crippen LogP contribution in [0.2, 0.25) is 0 Å². The maximum absolute atomic E-state index is 12.6. The summed E-state index contributed by atoms with van der Waals surface area (Å²) in [6.07, 6.45) is 0.348. The lowest BCUT2D eigenvalue weighted by molar-refractivity contribution is 0.140. The molecule has 1 atom stereocenters. The van der Waals surface area contributed by atoms with Gasteiger partial charge >= 0.3 is 6.09 Å². The number of carbonyl (C=O) groups is 1. The van der Waals surface area contributed by atoms with Gasteiger partial charge in [-0.3, -0.25) is 9.78 Å². The van der Waals surface area contributed by atoms with Gasteiger partial charge < -0.3 is 15.0 Å². The zero-order chi connectivity index (χ0) is 22.9. The largest absolute Gasteiger partial charge is 0.449 e. The lowest BCUT2D eigenvalue weighted by Crippen LogP contribution is -2.38. The van der Waals surface area contributed by atoms with Crippen LogP contribution in [-0.4, -0.2) is 41.8 Å². The molecule has 1 saturated heterocycles. The number of anilines is 1. The number of amides is 1. The quantitative estimate of drug-likeness (QED) is 0.621. The maximum Gasteiger partial charge on any atom is 0.407 e. The number of fused-ring (bicyclic) bond motifs is 3. The van der Waals surface area contributed by atoms with Crippen molar-refractivity contribution in [3.05, 3.63) is 81.8 Å². The molecular weight excluding hydrogens is 416 g/mol. The van der Waals surface area contributed by atoms with Crippen LogP contribution in [0.1, 0.15) is 48.9 Å². The van der Waals surface area contributed by atoms with Crippen LogP contribution >= 0.6 is 0 Å². The van der Waals surface area contributed by atoms with E-state index in [0.717, 1.165) is 12.1 Å². The predicted octanol–water partition coefficient (Wildman–Crippen LogP) is 4.01. The van der Waals surface area contributed by atoms with Gasteiger partial charge in [0.25, 0.3) is 5.56 Å². The summed E-state index contributed by atoms with van der Waals surface area (Å²) < 4.78 is 5.67. The molecule has 1 unspecified atom stereocenters. The van der Waals surface area contributed by atoms with Crippen molar-refractivity contribution in [2.24, 2.45) is 0 Å². The van der Waals surface area contributed by atoms with Crippen molar-refractivity contribution in [1.29, 1.82) is 0 Å². The summed E-state index contributed by atoms with van der Waals surface area (Å²) in [6, 6.07) is 18.1. The first kappa shape index (κ1) is 21.2. The maximum atomic E-state index is 12.6. The normalized spacial score (nSPS) is 17.2. The number of ether oxygens (including phenoxy) is 1. The Hall–Kier alpha value is -3.61. The summed E-state index contributed by atoms with van der Waals surface area (Å²) in [6.45, 7) is 5.60. The molecular formula is C26H28N4O3. The molecule has 5 rings (SSSR count). The van der Waals surface area contributed by atoms with Crippen molar-refractivity contribution in [2.75, 3.05) is 24.6 Å². The van der Waals surface area contributed by atoms with Gasteiger partial charge in [-0.1, -0.05) is 62.4 Å². The monoisotopic (exact) mass is 444 g/mol. The van der Waals surface area contributed by atoms with Gasteiger partial charge in [-0.15, -0.1) is 0 Å². The highest BCUT2D eigenvalue weighted by Gasteiger charge is 2.30. The van der Waals surface area contributed by atoms with Crippen LogP contribution in [0.25, 0.3) is 11.1 Å². The smallest absolute Gasteiger partial charge is 0.407 e.